The molecular weight excluding hydrogens is 487 g/mol. The zero-order chi connectivity index (χ0) is 25.6. The van der Waals surface area contributed by atoms with Crippen LogP contribution in [0.15, 0.2) is 42.6 Å². The van der Waals surface area contributed by atoms with Crippen molar-refractivity contribution in [2.75, 3.05) is 33.0 Å². The minimum atomic E-state index is -3.61. The molecule has 0 aliphatic carbocycles. The highest BCUT2D eigenvalue weighted by atomic mass is 32.2. The fourth-order valence-electron chi connectivity index (χ4n) is 5.23. The number of ether oxygens (including phenoxy) is 1. The zero-order valence-corrected chi connectivity index (χ0v) is 20.8. The molecule has 0 saturated carbocycles. The number of benzene rings is 1. The zero-order valence-electron chi connectivity index (χ0n) is 19.9. The Balaban J connectivity index is 1.39. The first-order chi connectivity index (χ1) is 17.2. The van der Waals surface area contributed by atoms with E-state index in [4.69, 9.17) is 4.74 Å². The Hall–Kier alpha value is -3.28. The average Bonchev–Trinajstić information content (AvgIpc) is 3.49. The van der Waals surface area contributed by atoms with Crippen molar-refractivity contribution in [3.8, 4) is 16.9 Å². The molecule has 36 heavy (non-hydrogen) atoms. The van der Waals surface area contributed by atoms with Crippen molar-refractivity contribution in [3.05, 3.63) is 54.1 Å². The van der Waals surface area contributed by atoms with Crippen molar-refractivity contribution in [2.24, 2.45) is 0 Å². The number of nitrogens with zero attached hydrogens (tertiary/aromatic N) is 3. The van der Waals surface area contributed by atoms with E-state index in [0.717, 1.165) is 32.8 Å². The van der Waals surface area contributed by atoms with E-state index >= 15 is 0 Å². The molecule has 9 nitrogen and oxygen atoms in total. The molecule has 11 heteroatoms. The summed E-state index contributed by atoms with van der Waals surface area (Å²) in [7, 11) is -2.06. The number of H-pyrrole nitrogens is 1. The number of rotatable bonds is 6. The Morgan fingerprint density at radius 2 is 2.06 bits per heavy atom. The van der Waals surface area contributed by atoms with Crippen LogP contribution in [0.25, 0.3) is 27.7 Å². The number of halogens is 1. The average molecular weight is 515 g/mol. The van der Waals surface area contributed by atoms with Crippen LogP contribution in [0.3, 0.4) is 0 Å². The lowest BCUT2D eigenvalue weighted by molar-refractivity contribution is -0.140. The van der Waals surface area contributed by atoms with Crippen LogP contribution >= 0.6 is 0 Å². The molecule has 5 rings (SSSR count). The lowest BCUT2D eigenvalue weighted by atomic mass is 10.00. The normalized spacial score (nSPS) is 21.6. The van der Waals surface area contributed by atoms with Crippen LogP contribution in [0.1, 0.15) is 18.5 Å². The SMILES string of the molecule is COc1ccc(F)cc1-c1ccnc2[nH]c(C3=CCN(C4C[C@@H](C(=O)O)N(S(C)(=O)=O)C4)CC3)cc12. The van der Waals surface area contributed by atoms with Crippen molar-refractivity contribution in [1.29, 1.82) is 0 Å². The number of hydrogen-bond donors (Lipinski definition) is 2. The number of aliphatic carboxylic acids is 1. The van der Waals surface area contributed by atoms with E-state index in [2.05, 4.69) is 20.9 Å². The predicted octanol–water partition coefficient (Wildman–Crippen LogP) is 2.95. The van der Waals surface area contributed by atoms with Crippen molar-refractivity contribution in [1.82, 2.24) is 19.2 Å². The number of aromatic amines is 1. The van der Waals surface area contributed by atoms with Crippen LogP contribution in [0.4, 0.5) is 4.39 Å². The van der Waals surface area contributed by atoms with Crippen molar-refractivity contribution >= 4 is 32.6 Å². The number of carboxylic acid groups (broad SMARTS) is 1. The van der Waals surface area contributed by atoms with E-state index in [1.165, 1.54) is 12.1 Å². The van der Waals surface area contributed by atoms with Gasteiger partial charge in [0, 0.05) is 48.5 Å². The minimum absolute atomic E-state index is 0.157. The lowest BCUT2D eigenvalue weighted by Crippen LogP contribution is -2.41. The second-order valence-corrected chi connectivity index (χ2v) is 11.1. The number of carbonyl (C=O) groups is 1. The summed E-state index contributed by atoms with van der Waals surface area (Å²) < 4.78 is 44.7. The molecule has 3 aromatic rings. The van der Waals surface area contributed by atoms with E-state index in [-0.39, 0.29) is 24.8 Å². The maximum atomic E-state index is 14.0. The van der Waals surface area contributed by atoms with Crippen LogP contribution in [0, 0.1) is 5.82 Å². The first kappa shape index (κ1) is 24.4. The van der Waals surface area contributed by atoms with E-state index < -0.39 is 22.0 Å². The third-order valence-electron chi connectivity index (χ3n) is 7.03. The molecule has 2 N–H and O–H groups in total. The van der Waals surface area contributed by atoms with E-state index in [1.54, 1.807) is 19.4 Å². The summed E-state index contributed by atoms with van der Waals surface area (Å²) in [5, 5.41) is 10.4. The quantitative estimate of drug-likeness (QED) is 0.520. The Morgan fingerprint density at radius 3 is 2.69 bits per heavy atom. The van der Waals surface area contributed by atoms with Gasteiger partial charge in [-0.25, -0.2) is 17.8 Å². The van der Waals surface area contributed by atoms with Gasteiger partial charge in [-0.3, -0.25) is 9.69 Å². The van der Waals surface area contributed by atoms with Crippen LogP contribution in [0.5, 0.6) is 5.75 Å². The standard InChI is InChI=1S/C25H27FN4O5S/c1-35-23-4-3-16(26)11-19(23)18-5-8-27-24-20(18)13-21(28-24)15-6-9-29(10-7-15)17-12-22(25(31)32)30(14-17)36(2,33)34/h3-6,8,11,13,17,22H,7,9-10,12,14H2,1-2H3,(H,27,28)(H,31,32)/t17?,22-/m0/s1. The van der Waals surface area contributed by atoms with Gasteiger partial charge in [0.2, 0.25) is 10.0 Å². The Bertz CT molecular complexity index is 1470. The first-order valence-corrected chi connectivity index (χ1v) is 13.4. The molecule has 0 amide bonds. The van der Waals surface area contributed by atoms with E-state index in [0.29, 0.717) is 36.5 Å². The molecule has 2 atom stereocenters. The van der Waals surface area contributed by atoms with Gasteiger partial charge in [-0.1, -0.05) is 6.08 Å². The highest BCUT2D eigenvalue weighted by molar-refractivity contribution is 7.88. The van der Waals surface area contributed by atoms with Crippen molar-refractivity contribution < 1.29 is 27.4 Å². The number of methoxy groups -OCH3 is 1. The molecular formula is C25H27FN4O5S. The monoisotopic (exact) mass is 514 g/mol. The second-order valence-electron chi connectivity index (χ2n) is 9.20. The van der Waals surface area contributed by atoms with Gasteiger partial charge in [0.1, 0.15) is 23.3 Å². The second kappa shape index (κ2) is 9.30. The van der Waals surface area contributed by atoms with Gasteiger partial charge in [0.05, 0.1) is 13.4 Å². The largest absolute Gasteiger partial charge is 0.496 e. The number of pyridine rings is 1. The molecule has 1 fully saturated rings. The van der Waals surface area contributed by atoms with Gasteiger partial charge in [0.15, 0.2) is 0 Å². The molecule has 1 unspecified atom stereocenters. The van der Waals surface area contributed by atoms with E-state index in [1.807, 2.05) is 12.1 Å². The number of sulfonamides is 1. The Labute approximate surface area is 208 Å². The molecule has 1 aromatic carbocycles. The van der Waals surface area contributed by atoms with E-state index in [9.17, 15) is 22.7 Å². The molecule has 0 spiro atoms. The summed E-state index contributed by atoms with van der Waals surface area (Å²) in [6.45, 7) is 1.43. The smallest absolute Gasteiger partial charge is 0.322 e. The third kappa shape index (κ3) is 4.49. The number of hydrogen-bond acceptors (Lipinski definition) is 6. The van der Waals surface area contributed by atoms with Crippen molar-refractivity contribution in [2.45, 2.75) is 24.9 Å². The van der Waals surface area contributed by atoms with Crippen LogP contribution in [-0.4, -0.2) is 83.8 Å². The highest BCUT2D eigenvalue weighted by Gasteiger charge is 2.43. The minimum Gasteiger partial charge on any atom is -0.496 e. The maximum Gasteiger partial charge on any atom is 0.322 e. The highest BCUT2D eigenvalue weighted by Crippen LogP contribution is 2.37. The number of carboxylic acids is 1. The predicted molar refractivity (Wildman–Crippen MR) is 134 cm³/mol. The Kier molecular flexibility index (Phi) is 6.31. The molecule has 0 radical (unpaired) electrons. The fourth-order valence-corrected chi connectivity index (χ4v) is 6.31. The summed E-state index contributed by atoms with van der Waals surface area (Å²) in [6.07, 6.45) is 5.78. The number of aromatic nitrogens is 2. The molecule has 2 aliphatic heterocycles. The third-order valence-corrected chi connectivity index (χ3v) is 8.29. The van der Waals surface area contributed by atoms with Gasteiger partial charge in [-0.15, -0.1) is 0 Å². The summed E-state index contributed by atoms with van der Waals surface area (Å²) in [6, 6.07) is 7.06. The van der Waals surface area contributed by atoms with Crippen LogP contribution in [0.2, 0.25) is 0 Å². The van der Waals surface area contributed by atoms with Gasteiger partial charge >= 0.3 is 5.97 Å². The topological polar surface area (TPSA) is 116 Å². The first-order valence-electron chi connectivity index (χ1n) is 11.6. The molecule has 0 bridgehead atoms. The molecule has 4 heterocycles. The van der Waals surface area contributed by atoms with Gasteiger partial charge < -0.3 is 14.8 Å². The maximum absolute atomic E-state index is 14.0. The molecule has 2 aliphatic rings. The van der Waals surface area contributed by atoms with Gasteiger partial charge in [-0.05, 0) is 54.3 Å². The summed E-state index contributed by atoms with van der Waals surface area (Å²) in [5.41, 5.74) is 4.13. The number of fused-ring (bicyclic) bond motifs is 1. The molecule has 1 saturated heterocycles. The van der Waals surface area contributed by atoms with Gasteiger partial charge in [0.25, 0.3) is 0 Å². The summed E-state index contributed by atoms with van der Waals surface area (Å²) in [5.74, 6) is -0.904. The summed E-state index contributed by atoms with van der Waals surface area (Å²) in [4.78, 5) is 21.6. The van der Waals surface area contributed by atoms with Gasteiger partial charge in [-0.2, -0.15) is 4.31 Å². The molecule has 2 aromatic heterocycles. The fraction of sp³-hybridized carbons (Fsp3) is 0.360. The lowest BCUT2D eigenvalue weighted by Gasteiger charge is -2.31. The number of nitrogens with one attached hydrogen (secondary N) is 1. The van der Waals surface area contributed by atoms with Crippen molar-refractivity contribution in [3.63, 3.8) is 0 Å². The molecule has 190 valence electrons. The summed E-state index contributed by atoms with van der Waals surface area (Å²) >= 11 is 0. The van der Waals surface area contributed by atoms with Crippen LogP contribution in [-0.2, 0) is 14.8 Å². The Morgan fingerprint density at radius 1 is 1.25 bits per heavy atom. The van der Waals surface area contributed by atoms with Crippen LogP contribution < -0.4 is 4.74 Å².